The lowest BCUT2D eigenvalue weighted by Gasteiger charge is -2.65. The smallest absolute Gasteiger partial charge is 0.270 e. The van der Waals surface area contributed by atoms with Gasteiger partial charge in [-0.2, -0.15) is 5.26 Å². The second-order valence-corrected chi connectivity index (χ2v) is 11.3. The van der Waals surface area contributed by atoms with Crippen LogP contribution in [-0.4, -0.2) is 53.2 Å². The molecule has 36 heavy (non-hydrogen) atoms. The lowest BCUT2D eigenvalue weighted by atomic mass is 9.40. The number of aromatic amines is 1. The Morgan fingerprint density at radius 3 is 2.78 bits per heavy atom. The second kappa shape index (κ2) is 8.65. The van der Waals surface area contributed by atoms with E-state index in [0.29, 0.717) is 37.3 Å². The third-order valence-corrected chi connectivity index (χ3v) is 9.31. The highest BCUT2D eigenvalue weighted by molar-refractivity contribution is 6.01. The van der Waals surface area contributed by atoms with Gasteiger partial charge in [0.25, 0.3) is 5.91 Å². The third kappa shape index (κ3) is 3.68. The number of nitrogens with zero attached hydrogens (tertiary/aromatic N) is 2. The second-order valence-electron chi connectivity index (χ2n) is 11.3. The van der Waals surface area contributed by atoms with Crippen molar-refractivity contribution in [2.75, 3.05) is 13.7 Å². The first-order valence-corrected chi connectivity index (χ1v) is 13.1. The molecule has 4 saturated carbocycles. The Balaban J connectivity index is 1.23. The number of aromatic nitrogens is 1. The Kier molecular flexibility index (Phi) is 5.55. The van der Waals surface area contributed by atoms with E-state index in [1.165, 1.54) is 19.3 Å². The van der Waals surface area contributed by atoms with Crippen molar-refractivity contribution in [1.29, 1.82) is 5.26 Å². The lowest BCUT2D eigenvalue weighted by molar-refractivity contribution is -0.147. The van der Waals surface area contributed by atoms with E-state index < -0.39 is 12.1 Å². The highest BCUT2D eigenvalue weighted by Crippen LogP contribution is 2.69. The zero-order chi connectivity index (χ0) is 25.0. The molecular formula is C28H32N4O4. The predicted molar refractivity (Wildman–Crippen MR) is 132 cm³/mol. The molecule has 8 nitrogen and oxygen atoms in total. The number of likely N-dealkylation sites (tertiary alicyclic amines) is 1. The SMILES string of the molecule is COc1cccc2[nH]c(C(=O)N3CC(C45CC(C4)C5)CC3C(=O)NC(C#N)CC3CCCC3=O)cc12. The summed E-state index contributed by atoms with van der Waals surface area (Å²) < 4.78 is 5.45. The fourth-order valence-corrected chi connectivity index (χ4v) is 7.21. The van der Waals surface area contributed by atoms with Crippen LogP contribution in [0.3, 0.4) is 0 Å². The minimum Gasteiger partial charge on any atom is -0.496 e. The van der Waals surface area contributed by atoms with Crippen molar-refractivity contribution < 1.29 is 19.1 Å². The molecule has 5 fully saturated rings. The van der Waals surface area contributed by atoms with Gasteiger partial charge in [-0.3, -0.25) is 14.4 Å². The van der Waals surface area contributed by atoms with E-state index in [4.69, 9.17) is 4.74 Å². The van der Waals surface area contributed by atoms with E-state index in [0.717, 1.165) is 29.7 Å². The Bertz CT molecular complexity index is 1260. The molecule has 7 rings (SSSR count). The van der Waals surface area contributed by atoms with E-state index in [1.54, 1.807) is 18.1 Å². The Morgan fingerprint density at radius 2 is 2.14 bits per heavy atom. The normalized spacial score (nSPS) is 31.4. The van der Waals surface area contributed by atoms with Crippen molar-refractivity contribution in [1.82, 2.24) is 15.2 Å². The van der Waals surface area contributed by atoms with Crippen LogP contribution < -0.4 is 10.1 Å². The quantitative estimate of drug-likeness (QED) is 0.618. The number of H-pyrrole nitrogens is 1. The average Bonchev–Trinajstić information content (AvgIpc) is 3.54. The van der Waals surface area contributed by atoms with Crippen molar-refractivity contribution in [3.8, 4) is 11.8 Å². The van der Waals surface area contributed by atoms with E-state index in [9.17, 15) is 19.6 Å². The van der Waals surface area contributed by atoms with Crippen molar-refractivity contribution in [2.45, 2.75) is 63.5 Å². The Labute approximate surface area is 210 Å². The maximum atomic E-state index is 13.8. The molecule has 1 saturated heterocycles. The molecule has 2 bridgehead atoms. The summed E-state index contributed by atoms with van der Waals surface area (Å²) in [5.74, 6) is 1.31. The number of nitrogens with one attached hydrogen (secondary N) is 2. The van der Waals surface area contributed by atoms with Gasteiger partial charge in [0.1, 0.15) is 29.3 Å². The summed E-state index contributed by atoms with van der Waals surface area (Å²) in [4.78, 5) is 44.3. The zero-order valence-electron chi connectivity index (χ0n) is 20.6. The van der Waals surface area contributed by atoms with Crippen LogP contribution in [0.15, 0.2) is 24.3 Å². The predicted octanol–water partition coefficient (Wildman–Crippen LogP) is 3.57. The number of amides is 2. The maximum Gasteiger partial charge on any atom is 0.270 e. The van der Waals surface area contributed by atoms with Gasteiger partial charge in [0, 0.05) is 29.8 Å². The van der Waals surface area contributed by atoms with Crippen LogP contribution in [0.4, 0.5) is 0 Å². The van der Waals surface area contributed by atoms with Gasteiger partial charge in [-0.05, 0) is 80.4 Å². The Hall–Kier alpha value is -3.34. The van der Waals surface area contributed by atoms with E-state index in [-0.39, 0.29) is 34.8 Å². The molecule has 5 aliphatic rings. The largest absolute Gasteiger partial charge is 0.496 e. The van der Waals surface area contributed by atoms with E-state index in [1.807, 2.05) is 18.2 Å². The van der Waals surface area contributed by atoms with Gasteiger partial charge in [-0.15, -0.1) is 0 Å². The van der Waals surface area contributed by atoms with Gasteiger partial charge in [0.05, 0.1) is 13.2 Å². The van der Waals surface area contributed by atoms with Gasteiger partial charge < -0.3 is 19.9 Å². The number of ether oxygens (including phenoxy) is 1. The number of hydrogen-bond donors (Lipinski definition) is 2. The summed E-state index contributed by atoms with van der Waals surface area (Å²) in [6.45, 7) is 0.550. The van der Waals surface area contributed by atoms with Crippen LogP contribution in [0.25, 0.3) is 10.9 Å². The zero-order valence-corrected chi connectivity index (χ0v) is 20.6. The average molecular weight is 489 g/mol. The number of hydrogen-bond acceptors (Lipinski definition) is 5. The Morgan fingerprint density at radius 1 is 1.33 bits per heavy atom. The number of rotatable bonds is 7. The molecule has 8 heteroatoms. The number of methoxy groups -OCH3 is 1. The number of Topliss-reactive ketones (excluding diaryl/α,β-unsaturated/α-hetero) is 1. The van der Waals surface area contributed by atoms with Gasteiger partial charge in [-0.25, -0.2) is 0 Å². The summed E-state index contributed by atoms with van der Waals surface area (Å²) in [7, 11) is 1.60. The molecule has 2 heterocycles. The van der Waals surface area contributed by atoms with E-state index in [2.05, 4.69) is 16.4 Å². The number of benzene rings is 1. The van der Waals surface area contributed by atoms with Crippen LogP contribution in [-0.2, 0) is 9.59 Å². The van der Waals surface area contributed by atoms with Crippen molar-refractivity contribution in [3.63, 3.8) is 0 Å². The molecular weight excluding hydrogens is 456 g/mol. The van der Waals surface area contributed by atoms with Gasteiger partial charge in [-0.1, -0.05) is 6.07 Å². The number of nitriles is 1. The third-order valence-electron chi connectivity index (χ3n) is 9.31. The molecule has 188 valence electrons. The molecule has 1 aromatic carbocycles. The topological polar surface area (TPSA) is 115 Å². The molecule has 0 radical (unpaired) electrons. The fraction of sp³-hybridized carbons (Fsp3) is 0.571. The van der Waals surface area contributed by atoms with Crippen LogP contribution >= 0.6 is 0 Å². The molecule has 2 N–H and O–H groups in total. The highest BCUT2D eigenvalue weighted by Gasteiger charge is 2.62. The number of carbonyl (C=O) groups is 3. The monoisotopic (exact) mass is 488 g/mol. The lowest BCUT2D eigenvalue weighted by Crippen LogP contribution is -2.56. The van der Waals surface area contributed by atoms with Crippen LogP contribution in [0.2, 0.25) is 0 Å². The van der Waals surface area contributed by atoms with Crippen molar-refractivity contribution in [3.05, 3.63) is 30.0 Å². The minimum atomic E-state index is -0.729. The van der Waals surface area contributed by atoms with Crippen molar-refractivity contribution >= 4 is 28.5 Å². The summed E-state index contributed by atoms with van der Waals surface area (Å²) in [6.07, 6.45) is 6.73. The molecule has 4 aliphatic carbocycles. The molecule has 2 aromatic rings. The molecule has 0 spiro atoms. The van der Waals surface area contributed by atoms with Crippen LogP contribution in [0.5, 0.6) is 5.75 Å². The summed E-state index contributed by atoms with van der Waals surface area (Å²) in [6, 6.07) is 8.24. The van der Waals surface area contributed by atoms with Gasteiger partial charge in [0.2, 0.25) is 5.91 Å². The van der Waals surface area contributed by atoms with Gasteiger partial charge in [0.15, 0.2) is 0 Å². The molecule has 2 amide bonds. The van der Waals surface area contributed by atoms with Gasteiger partial charge >= 0.3 is 0 Å². The summed E-state index contributed by atoms with van der Waals surface area (Å²) in [5.41, 5.74) is 1.51. The molecule has 4 unspecified atom stereocenters. The van der Waals surface area contributed by atoms with E-state index >= 15 is 0 Å². The van der Waals surface area contributed by atoms with Crippen LogP contribution in [0.1, 0.15) is 61.9 Å². The number of fused-ring (bicyclic) bond motifs is 1. The first kappa shape index (κ1) is 23.1. The first-order valence-electron chi connectivity index (χ1n) is 13.1. The standard InChI is InChI=1S/C28H32N4O4/c1-36-25-7-3-5-21-20(25)10-22(31-21)27(35)32-15-18(28-11-16(12-28)13-28)9-23(32)26(34)30-19(14-29)8-17-4-2-6-24(17)33/h3,5,7,10,16-19,23,31H,2,4,6,8-9,11-13,15H2,1H3,(H,30,34). The fourth-order valence-electron chi connectivity index (χ4n) is 7.21. The summed E-state index contributed by atoms with van der Waals surface area (Å²) >= 11 is 0. The molecule has 1 aliphatic heterocycles. The van der Waals surface area contributed by atoms with Crippen LogP contribution in [0, 0.1) is 34.5 Å². The summed E-state index contributed by atoms with van der Waals surface area (Å²) in [5, 5.41) is 13.4. The molecule has 1 aromatic heterocycles. The minimum absolute atomic E-state index is 0.161. The number of ketones is 1. The number of carbonyl (C=O) groups excluding carboxylic acids is 3. The maximum absolute atomic E-state index is 13.8. The molecule has 4 atom stereocenters. The highest BCUT2D eigenvalue weighted by atomic mass is 16.5. The van der Waals surface area contributed by atoms with Crippen molar-refractivity contribution in [2.24, 2.45) is 23.2 Å². The first-order chi connectivity index (χ1) is 17.4.